The van der Waals surface area contributed by atoms with Crippen molar-refractivity contribution in [2.45, 2.75) is 26.7 Å². The molecule has 0 aliphatic carbocycles. The van der Waals surface area contributed by atoms with Crippen LogP contribution in [0.2, 0.25) is 0 Å². The molecule has 16 heavy (non-hydrogen) atoms. The lowest BCUT2D eigenvalue weighted by atomic mass is 10.3. The van der Waals surface area contributed by atoms with Crippen LogP contribution < -0.4 is 0 Å². The highest BCUT2D eigenvalue weighted by molar-refractivity contribution is 5.87. The molecule has 1 fully saturated rings. The van der Waals surface area contributed by atoms with Crippen LogP contribution in [0.5, 0.6) is 0 Å². The largest absolute Gasteiger partial charge is 0.341 e. The number of hydrogen-bond acceptors (Lipinski definition) is 2. The van der Waals surface area contributed by atoms with Gasteiger partial charge in [-0.05, 0) is 19.4 Å². The molecule has 0 saturated carbocycles. The van der Waals surface area contributed by atoms with E-state index in [4.69, 9.17) is 0 Å². The Hall–Kier alpha value is -1.32. The number of carbonyl (C=O) groups is 2. The minimum Gasteiger partial charge on any atom is -0.341 e. The van der Waals surface area contributed by atoms with Crippen molar-refractivity contribution in [2.24, 2.45) is 0 Å². The summed E-state index contributed by atoms with van der Waals surface area (Å²) in [5.41, 5.74) is 0. The molecule has 0 N–H and O–H groups in total. The van der Waals surface area contributed by atoms with Crippen LogP contribution in [0.15, 0.2) is 12.2 Å². The van der Waals surface area contributed by atoms with Crippen molar-refractivity contribution < 1.29 is 9.59 Å². The summed E-state index contributed by atoms with van der Waals surface area (Å²) in [6.07, 6.45) is 4.75. The third-order valence-corrected chi connectivity index (χ3v) is 2.77. The third-order valence-electron chi connectivity index (χ3n) is 2.77. The van der Waals surface area contributed by atoms with Crippen LogP contribution in [-0.2, 0) is 9.59 Å². The van der Waals surface area contributed by atoms with E-state index in [0.29, 0.717) is 19.5 Å². The van der Waals surface area contributed by atoms with Gasteiger partial charge in [0, 0.05) is 32.6 Å². The Morgan fingerprint density at radius 1 is 1.12 bits per heavy atom. The van der Waals surface area contributed by atoms with Crippen molar-refractivity contribution in [1.82, 2.24) is 9.80 Å². The van der Waals surface area contributed by atoms with Crippen molar-refractivity contribution in [3.63, 3.8) is 0 Å². The molecule has 2 amide bonds. The molecule has 0 atom stereocenters. The molecule has 4 nitrogen and oxygen atoms in total. The molecular formula is C12H20N2O2. The zero-order valence-electron chi connectivity index (χ0n) is 10.1. The lowest BCUT2D eigenvalue weighted by Crippen LogP contribution is -2.36. The Balaban J connectivity index is 2.52. The summed E-state index contributed by atoms with van der Waals surface area (Å²) in [5, 5.41) is 0. The van der Waals surface area contributed by atoms with Crippen molar-refractivity contribution >= 4 is 11.8 Å². The van der Waals surface area contributed by atoms with Gasteiger partial charge in [-0.1, -0.05) is 13.0 Å². The molecule has 90 valence electrons. The van der Waals surface area contributed by atoms with Gasteiger partial charge in [-0.3, -0.25) is 9.59 Å². The molecule has 1 aliphatic heterocycles. The minimum atomic E-state index is 0.0493. The van der Waals surface area contributed by atoms with Gasteiger partial charge in [-0.25, -0.2) is 0 Å². The molecule has 0 radical (unpaired) electrons. The summed E-state index contributed by atoms with van der Waals surface area (Å²) in [5.74, 6) is 0.230. The Morgan fingerprint density at radius 3 is 2.38 bits per heavy atom. The molecule has 1 saturated heterocycles. The Bertz CT molecular complexity index is 287. The highest BCUT2D eigenvalue weighted by Gasteiger charge is 2.19. The molecule has 0 bridgehead atoms. The van der Waals surface area contributed by atoms with Crippen molar-refractivity contribution in [2.75, 3.05) is 26.2 Å². The minimum absolute atomic E-state index is 0.0493. The number of allylic oxidation sites excluding steroid dienone is 1. The second kappa shape index (κ2) is 6.30. The highest BCUT2D eigenvalue weighted by Crippen LogP contribution is 2.05. The van der Waals surface area contributed by atoms with E-state index >= 15 is 0 Å². The van der Waals surface area contributed by atoms with Gasteiger partial charge in [0.2, 0.25) is 11.8 Å². The quantitative estimate of drug-likeness (QED) is 0.657. The standard InChI is InChI=1S/C12H20N2O2/c1-3-6-12(16)14-8-5-7-13(9-10-14)11(15)4-2/h3,6H,4-5,7-10H2,1-2H3. The predicted octanol–water partition coefficient (Wildman–Crippen LogP) is 1.03. The number of nitrogens with zero attached hydrogens (tertiary/aromatic N) is 2. The number of hydrogen-bond donors (Lipinski definition) is 0. The zero-order valence-corrected chi connectivity index (χ0v) is 10.1. The summed E-state index contributed by atoms with van der Waals surface area (Å²) in [7, 11) is 0. The Morgan fingerprint density at radius 2 is 1.75 bits per heavy atom. The maximum Gasteiger partial charge on any atom is 0.246 e. The van der Waals surface area contributed by atoms with Crippen LogP contribution in [-0.4, -0.2) is 47.8 Å². The summed E-state index contributed by atoms with van der Waals surface area (Å²) in [6.45, 7) is 6.53. The van der Waals surface area contributed by atoms with Gasteiger partial charge in [-0.15, -0.1) is 0 Å². The van der Waals surface area contributed by atoms with E-state index in [0.717, 1.165) is 19.5 Å². The first-order valence-electron chi connectivity index (χ1n) is 5.88. The molecule has 0 spiro atoms. The number of amides is 2. The average molecular weight is 224 g/mol. The highest BCUT2D eigenvalue weighted by atomic mass is 16.2. The van der Waals surface area contributed by atoms with Gasteiger partial charge in [0.05, 0.1) is 0 Å². The predicted molar refractivity (Wildman–Crippen MR) is 62.9 cm³/mol. The van der Waals surface area contributed by atoms with E-state index in [1.54, 1.807) is 12.2 Å². The maximum absolute atomic E-state index is 11.6. The molecule has 0 aromatic carbocycles. The molecule has 0 aromatic rings. The molecule has 1 heterocycles. The van der Waals surface area contributed by atoms with Crippen LogP contribution in [0, 0.1) is 0 Å². The smallest absolute Gasteiger partial charge is 0.246 e. The molecule has 4 heteroatoms. The second-order valence-electron chi connectivity index (χ2n) is 3.91. The summed E-state index contributed by atoms with van der Waals surface area (Å²) < 4.78 is 0. The average Bonchev–Trinajstić information content (AvgIpc) is 2.53. The number of rotatable bonds is 2. The fraction of sp³-hybridized carbons (Fsp3) is 0.667. The van der Waals surface area contributed by atoms with E-state index in [2.05, 4.69) is 0 Å². The first-order chi connectivity index (χ1) is 7.69. The first-order valence-corrected chi connectivity index (χ1v) is 5.88. The van der Waals surface area contributed by atoms with E-state index in [9.17, 15) is 9.59 Å². The van der Waals surface area contributed by atoms with Gasteiger partial charge >= 0.3 is 0 Å². The fourth-order valence-electron chi connectivity index (χ4n) is 1.86. The van der Waals surface area contributed by atoms with Gasteiger partial charge in [0.15, 0.2) is 0 Å². The summed E-state index contributed by atoms with van der Waals surface area (Å²) in [6, 6.07) is 0. The normalized spacial score (nSPS) is 17.6. The molecule has 0 aromatic heterocycles. The zero-order chi connectivity index (χ0) is 12.0. The number of carbonyl (C=O) groups excluding carboxylic acids is 2. The summed E-state index contributed by atoms with van der Waals surface area (Å²) in [4.78, 5) is 26.8. The second-order valence-corrected chi connectivity index (χ2v) is 3.91. The molecule has 0 unspecified atom stereocenters. The Kier molecular flexibility index (Phi) is 5.02. The van der Waals surface area contributed by atoms with E-state index in [-0.39, 0.29) is 11.8 Å². The maximum atomic E-state index is 11.6. The molecule has 1 aliphatic rings. The Labute approximate surface area is 96.9 Å². The third kappa shape index (κ3) is 3.36. The van der Waals surface area contributed by atoms with E-state index in [1.165, 1.54) is 0 Å². The van der Waals surface area contributed by atoms with E-state index < -0.39 is 0 Å². The van der Waals surface area contributed by atoms with Crippen LogP contribution in [0.3, 0.4) is 0 Å². The van der Waals surface area contributed by atoms with E-state index in [1.807, 2.05) is 23.6 Å². The lowest BCUT2D eigenvalue weighted by Gasteiger charge is -2.20. The van der Waals surface area contributed by atoms with Gasteiger partial charge in [0.25, 0.3) is 0 Å². The van der Waals surface area contributed by atoms with Crippen molar-refractivity contribution in [1.29, 1.82) is 0 Å². The van der Waals surface area contributed by atoms with Crippen LogP contribution >= 0.6 is 0 Å². The fourth-order valence-corrected chi connectivity index (χ4v) is 1.86. The van der Waals surface area contributed by atoms with Crippen LogP contribution in [0.1, 0.15) is 26.7 Å². The van der Waals surface area contributed by atoms with Crippen LogP contribution in [0.4, 0.5) is 0 Å². The van der Waals surface area contributed by atoms with Crippen LogP contribution in [0.25, 0.3) is 0 Å². The van der Waals surface area contributed by atoms with Crippen molar-refractivity contribution in [3.05, 3.63) is 12.2 Å². The monoisotopic (exact) mass is 224 g/mol. The lowest BCUT2D eigenvalue weighted by molar-refractivity contribution is -0.131. The molecular weight excluding hydrogens is 204 g/mol. The van der Waals surface area contributed by atoms with Gasteiger partial charge in [-0.2, -0.15) is 0 Å². The topological polar surface area (TPSA) is 40.6 Å². The summed E-state index contributed by atoms with van der Waals surface area (Å²) >= 11 is 0. The SMILES string of the molecule is CC=CC(=O)N1CCCN(C(=O)CC)CC1. The van der Waals surface area contributed by atoms with Gasteiger partial charge < -0.3 is 9.80 Å². The van der Waals surface area contributed by atoms with Crippen molar-refractivity contribution in [3.8, 4) is 0 Å². The molecule has 1 rings (SSSR count). The first kappa shape index (κ1) is 12.7. The van der Waals surface area contributed by atoms with Gasteiger partial charge in [0.1, 0.15) is 0 Å².